The molecule has 1 heterocycles. The molecule has 3 unspecified atom stereocenters. The van der Waals surface area contributed by atoms with Gasteiger partial charge in [0.2, 0.25) is 0 Å². The zero-order chi connectivity index (χ0) is 21.3. The second-order valence-electron chi connectivity index (χ2n) is 6.86. The largest absolute Gasteiger partial charge is 0.549 e. The number of benzene rings is 1. The molecule has 152 valence electrons. The minimum Gasteiger partial charge on any atom is -0.549 e. The topological polar surface area (TPSA) is 85.2 Å². The van der Waals surface area contributed by atoms with Gasteiger partial charge < -0.3 is 20.0 Å². The third-order valence-corrected chi connectivity index (χ3v) is 5.21. The van der Waals surface area contributed by atoms with E-state index in [1.807, 2.05) is 6.07 Å². The highest BCUT2D eigenvalue weighted by atomic mass is 19.4. The zero-order valence-corrected chi connectivity index (χ0v) is 15.5. The summed E-state index contributed by atoms with van der Waals surface area (Å²) >= 11 is 0. The summed E-state index contributed by atoms with van der Waals surface area (Å²) in [4.78, 5) is 12.2. The maximum atomic E-state index is 13.6. The summed E-state index contributed by atoms with van der Waals surface area (Å²) < 4.78 is 59.3. The fourth-order valence-corrected chi connectivity index (χ4v) is 3.73. The Hall–Kier alpha value is -2.60. The number of alkyl halides is 3. The molecule has 28 heavy (non-hydrogen) atoms. The molecule has 1 aliphatic rings. The number of methoxy groups -OCH3 is 1. The van der Waals surface area contributed by atoms with E-state index in [1.165, 1.54) is 21.0 Å². The third kappa shape index (κ3) is 3.69. The van der Waals surface area contributed by atoms with Gasteiger partial charge in [0, 0.05) is 36.8 Å². The number of carbonyl (C=O) groups is 1. The Morgan fingerprint density at radius 2 is 2.07 bits per heavy atom. The smallest absolute Gasteiger partial charge is 0.416 e. The average Bonchev–Trinajstić information content (AvgIpc) is 2.61. The number of aliphatic carboxylic acids is 1. The summed E-state index contributed by atoms with van der Waals surface area (Å²) in [5.74, 6) is -4.22. The van der Waals surface area contributed by atoms with Crippen molar-refractivity contribution in [2.75, 3.05) is 13.7 Å². The second kappa shape index (κ2) is 7.80. The lowest BCUT2D eigenvalue weighted by Gasteiger charge is -2.49. The lowest BCUT2D eigenvalue weighted by molar-refractivity contribution is -0.321. The number of rotatable bonds is 5. The molecule has 1 aliphatic heterocycles. The second-order valence-corrected chi connectivity index (χ2v) is 6.86. The molecule has 0 saturated heterocycles. The first-order valence-electron chi connectivity index (χ1n) is 8.42. The molecule has 2 rings (SSSR count). The fourth-order valence-electron chi connectivity index (χ4n) is 3.73. The molecule has 0 aromatic heterocycles. The van der Waals surface area contributed by atoms with Gasteiger partial charge in [-0.25, -0.2) is 4.39 Å². The normalized spacial score (nSPS) is 25.2. The number of carboxylic acids is 1. The van der Waals surface area contributed by atoms with E-state index in [4.69, 9.17) is 4.74 Å². The van der Waals surface area contributed by atoms with Gasteiger partial charge in [0.15, 0.2) is 0 Å². The number of nitrogens with one attached hydrogen (secondary N) is 1. The Morgan fingerprint density at radius 3 is 2.57 bits per heavy atom. The molecule has 5 nitrogen and oxygen atoms in total. The maximum absolute atomic E-state index is 13.6. The molecule has 0 bridgehead atoms. The summed E-state index contributed by atoms with van der Waals surface area (Å²) in [6.07, 6.45) is -4.79. The van der Waals surface area contributed by atoms with E-state index in [1.54, 1.807) is 0 Å². The Kier molecular flexibility index (Phi) is 6.04. The van der Waals surface area contributed by atoms with E-state index in [9.17, 15) is 32.7 Å². The monoisotopic (exact) mass is 399 g/mol. The SMILES string of the molecule is COCCC1NC(C)=C(C#N)C(c2ccc(F)cc2C(F)(F)F)C1(C)C(=O)[O-]. The summed E-state index contributed by atoms with van der Waals surface area (Å²) in [5, 5.41) is 24.6. The van der Waals surface area contributed by atoms with Crippen molar-refractivity contribution in [1.29, 1.82) is 5.26 Å². The average molecular weight is 399 g/mol. The number of nitrogens with zero attached hydrogens (tertiary/aromatic N) is 1. The van der Waals surface area contributed by atoms with Gasteiger partial charge in [0.1, 0.15) is 5.82 Å². The van der Waals surface area contributed by atoms with Gasteiger partial charge in [-0.05, 0) is 31.0 Å². The molecule has 1 aromatic carbocycles. The number of hydrogen-bond donors (Lipinski definition) is 1. The number of carbonyl (C=O) groups excluding carboxylic acids is 1. The van der Waals surface area contributed by atoms with Gasteiger partial charge in [0.05, 0.1) is 23.2 Å². The van der Waals surface area contributed by atoms with Crippen LogP contribution >= 0.6 is 0 Å². The molecule has 0 fully saturated rings. The van der Waals surface area contributed by atoms with E-state index in [-0.39, 0.29) is 24.3 Å². The van der Waals surface area contributed by atoms with Gasteiger partial charge in [-0.1, -0.05) is 13.0 Å². The first-order valence-corrected chi connectivity index (χ1v) is 8.42. The fraction of sp³-hybridized carbons (Fsp3) is 0.474. The van der Waals surface area contributed by atoms with Crippen molar-refractivity contribution in [3.63, 3.8) is 0 Å². The summed E-state index contributed by atoms with van der Waals surface area (Å²) in [6.45, 7) is 2.85. The molecule has 1 N–H and O–H groups in total. The summed E-state index contributed by atoms with van der Waals surface area (Å²) in [7, 11) is 1.40. The molecule has 3 atom stereocenters. The highest BCUT2D eigenvalue weighted by molar-refractivity contribution is 5.77. The predicted molar refractivity (Wildman–Crippen MR) is 89.0 cm³/mol. The van der Waals surface area contributed by atoms with E-state index in [0.717, 1.165) is 12.1 Å². The number of hydrogen-bond acceptors (Lipinski definition) is 5. The summed E-state index contributed by atoms with van der Waals surface area (Å²) in [5.41, 5.74) is -3.64. The maximum Gasteiger partial charge on any atom is 0.416 e. The van der Waals surface area contributed by atoms with Crippen LogP contribution < -0.4 is 10.4 Å². The standard InChI is InChI=1S/C19H20F4N2O3/c1-10-13(9-24)16(12-5-4-11(20)8-14(12)19(21,22)23)18(2,17(26)27)15(25-10)6-7-28-3/h4-5,8,15-16,25H,6-7H2,1-3H3,(H,26,27)/p-1. The van der Waals surface area contributed by atoms with Crippen molar-refractivity contribution >= 4 is 5.97 Å². The zero-order valence-electron chi connectivity index (χ0n) is 15.5. The van der Waals surface area contributed by atoms with E-state index in [0.29, 0.717) is 6.07 Å². The van der Waals surface area contributed by atoms with Gasteiger partial charge in [0.25, 0.3) is 0 Å². The summed E-state index contributed by atoms with van der Waals surface area (Å²) in [6, 6.07) is 2.95. The number of halogens is 4. The lowest BCUT2D eigenvalue weighted by atomic mass is 9.62. The van der Waals surface area contributed by atoms with Gasteiger partial charge in [-0.15, -0.1) is 0 Å². The molecule has 9 heteroatoms. The molecule has 0 aliphatic carbocycles. The Morgan fingerprint density at radius 1 is 1.43 bits per heavy atom. The molecule has 0 spiro atoms. The van der Waals surface area contributed by atoms with Gasteiger partial charge >= 0.3 is 6.18 Å². The van der Waals surface area contributed by atoms with Crippen molar-refractivity contribution in [2.45, 2.75) is 38.4 Å². The molecular weight excluding hydrogens is 380 g/mol. The van der Waals surface area contributed by atoms with Gasteiger partial charge in [-0.2, -0.15) is 18.4 Å². The number of allylic oxidation sites excluding steroid dienone is 2. The van der Waals surface area contributed by atoms with Crippen LogP contribution in [-0.2, 0) is 15.7 Å². The first kappa shape index (κ1) is 21.7. The van der Waals surface area contributed by atoms with Crippen LogP contribution in [0.15, 0.2) is 29.5 Å². The van der Waals surface area contributed by atoms with Crippen LogP contribution in [0, 0.1) is 22.6 Å². The number of ether oxygens (including phenoxy) is 1. The molecule has 0 amide bonds. The highest BCUT2D eigenvalue weighted by Gasteiger charge is 2.51. The molecule has 0 saturated carbocycles. The van der Waals surface area contributed by atoms with Crippen LogP contribution in [0.1, 0.15) is 37.3 Å². The van der Waals surface area contributed by atoms with Crippen LogP contribution in [0.25, 0.3) is 0 Å². The van der Waals surface area contributed by atoms with E-state index >= 15 is 0 Å². The highest BCUT2D eigenvalue weighted by Crippen LogP contribution is 2.51. The van der Waals surface area contributed by atoms with Crippen LogP contribution in [-0.4, -0.2) is 25.7 Å². The first-order chi connectivity index (χ1) is 13.0. The Bertz CT molecular complexity index is 845. The van der Waals surface area contributed by atoms with Crippen molar-refractivity contribution in [3.8, 4) is 6.07 Å². The van der Waals surface area contributed by atoms with Crippen LogP contribution in [0.3, 0.4) is 0 Å². The van der Waals surface area contributed by atoms with E-state index in [2.05, 4.69) is 5.32 Å². The van der Waals surface area contributed by atoms with Gasteiger partial charge in [-0.3, -0.25) is 0 Å². The third-order valence-electron chi connectivity index (χ3n) is 5.21. The van der Waals surface area contributed by atoms with Crippen molar-refractivity contribution in [2.24, 2.45) is 5.41 Å². The minimum atomic E-state index is -4.94. The lowest BCUT2D eigenvalue weighted by Crippen LogP contribution is -2.59. The quantitative estimate of drug-likeness (QED) is 0.769. The predicted octanol–water partition coefficient (Wildman–Crippen LogP) is 2.49. The molecule has 0 radical (unpaired) electrons. The Balaban J connectivity index is 2.82. The van der Waals surface area contributed by atoms with Crippen LogP contribution in [0.4, 0.5) is 17.6 Å². The Labute approximate surface area is 159 Å². The number of nitriles is 1. The van der Waals surface area contributed by atoms with Crippen molar-refractivity contribution in [3.05, 3.63) is 46.4 Å². The van der Waals surface area contributed by atoms with E-state index < -0.39 is 46.5 Å². The van der Waals surface area contributed by atoms with Crippen LogP contribution in [0.5, 0.6) is 0 Å². The minimum absolute atomic E-state index is 0.137. The van der Waals surface area contributed by atoms with Crippen LogP contribution in [0.2, 0.25) is 0 Å². The van der Waals surface area contributed by atoms with Crippen molar-refractivity contribution < 1.29 is 32.2 Å². The van der Waals surface area contributed by atoms with Crippen molar-refractivity contribution in [1.82, 2.24) is 5.32 Å². The number of carboxylic acid groups (broad SMARTS) is 1. The molecular formula is C19H19F4N2O3-. The molecule has 1 aromatic rings.